The normalized spacial score (nSPS) is 14.2. The minimum absolute atomic E-state index is 0.0293. The second-order valence-corrected chi connectivity index (χ2v) is 19.7. The molecule has 0 atom stereocenters. The largest absolute Gasteiger partial charge is 0.311 e. The minimum atomic E-state index is -0.410. The highest BCUT2D eigenvalue weighted by atomic mass is 32.1. The maximum atomic E-state index is 2.60. The molecule has 1 spiro atoms. The Balaban J connectivity index is 1.10. The van der Waals surface area contributed by atoms with Gasteiger partial charge in [0.25, 0.3) is 6.71 Å². The first-order valence-electron chi connectivity index (χ1n) is 22.9. The number of benzene rings is 9. The van der Waals surface area contributed by atoms with Crippen molar-refractivity contribution in [2.75, 3.05) is 9.80 Å². The molecule has 14 rings (SSSR count). The van der Waals surface area contributed by atoms with Gasteiger partial charge in [0.15, 0.2) is 0 Å². The first kappa shape index (κ1) is 37.0. The molecule has 0 radical (unpaired) electrons. The van der Waals surface area contributed by atoms with Crippen LogP contribution >= 0.6 is 11.3 Å². The number of fused-ring (bicyclic) bond motifs is 16. The van der Waals surface area contributed by atoms with Gasteiger partial charge in [-0.1, -0.05) is 139 Å². The molecular formula is C61H43BN2S. The van der Waals surface area contributed by atoms with E-state index < -0.39 is 5.41 Å². The van der Waals surface area contributed by atoms with Gasteiger partial charge in [0.05, 0.1) is 11.1 Å². The number of nitrogens with zero attached hydrogens (tertiary/aromatic N) is 2. The third-order valence-electron chi connectivity index (χ3n) is 15.0. The van der Waals surface area contributed by atoms with Crippen molar-refractivity contribution in [2.45, 2.75) is 33.1 Å². The molecule has 4 aliphatic rings. The molecule has 10 aromatic rings. The Labute approximate surface area is 384 Å². The molecule has 3 heterocycles. The van der Waals surface area contributed by atoms with Crippen LogP contribution in [0, 0.1) is 27.7 Å². The lowest BCUT2D eigenvalue weighted by atomic mass is 9.36. The summed E-state index contributed by atoms with van der Waals surface area (Å²) in [7, 11) is 0. The number of aryl methyl sites for hydroxylation is 4. The summed E-state index contributed by atoms with van der Waals surface area (Å²) < 4.78 is 2.72. The van der Waals surface area contributed by atoms with E-state index in [4.69, 9.17) is 0 Å². The molecule has 0 fully saturated rings. The summed E-state index contributed by atoms with van der Waals surface area (Å²) in [6, 6.07) is 71.6. The van der Waals surface area contributed by atoms with E-state index in [1.165, 1.54) is 138 Å². The van der Waals surface area contributed by atoms with Gasteiger partial charge in [-0.2, -0.15) is 0 Å². The van der Waals surface area contributed by atoms with Gasteiger partial charge < -0.3 is 9.80 Å². The van der Waals surface area contributed by atoms with Gasteiger partial charge in [-0.05, 0) is 166 Å². The van der Waals surface area contributed by atoms with E-state index in [1.807, 2.05) is 11.3 Å². The highest BCUT2D eigenvalue weighted by Crippen LogP contribution is 2.64. The Hall–Kier alpha value is -7.40. The summed E-state index contributed by atoms with van der Waals surface area (Å²) >= 11 is 2.00. The molecule has 0 amide bonds. The maximum Gasteiger partial charge on any atom is 0.264 e. The zero-order chi connectivity index (χ0) is 43.3. The molecule has 0 N–H and O–H groups in total. The molecule has 0 unspecified atom stereocenters. The highest BCUT2D eigenvalue weighted by Gasteiger charge is 2.53. The SMILES string of the molecule is Cc1cc2c3c(c1)N(c1ccccc1)c1c(sc4cc5c(cc14)-c1ccc(C)cc1C51c4ccccc4-c4ccccc41)B3c1ccc(-c3c(C)cccc3C)cc1N2c1ccccc1. The van der Waals surface area contributed by atoms with Gasteiger partial charge in [0.1, 0.15) is 0 Å². The minimum Gasteiger partial charge on any atom is -0.311 e. The third kappa shape index (κ3) is 4.85. The standard InChI is InChI=1S/C61H43BN2S/c1-36-26-28-45-46-34-47-56(35-51(46)61(50(45)30-36)48-24-13-11-22-43(48)44-23-12-14-25-49(44)61)65-60-59(47)64(42-20-9-6-10-21-42)55-32-37(2)31-54-58(55)62(60)52-29-27-40(57-38(3)16-15-17-39(57)4)33-53(52)63(54)41-18-7-5-8-19-41/h5-35H,1-4H3. The second-order valence-electron chi connectivity index (χ2n) is 18.6. The van der Waals surface area contributed by atoms with Crippen LogP contribution in [-0.4, -0.2) is 6.71 Å². The molecule has 0 saturated heterocycles. The summed E-state index contributed by atoms with van der Waals surface area (Å²) in [4.78, 5) is 5.14. The average Bonchev–Trinajstić information content (AvgIpc) is 3.94. The van der Waals surface area contributed by atoms with Crippen LogP contribution < -0.4 is 25.5 Å². The number of para-hydroxylation sites is 2. The summed E-state index contributed by atoms with van der Waals surface area (Å²) in [5.41, 5.74) is 28.2. The fourth-order valence-corrected chi connectivity index (χ4v) is 13.8. The fraction of sp³-hybridized carbons (Fsp3) is 0.0820. The van der Waals surface area contributed by atoms with Crippen LogP contribution in [-0.2, 0) is 5.41 Å². The topological polar surface area (TPSA) is 6.48 Å². The van der Waals surface area contributed by atoms with Crippen LogP contribution in [0.2, 0.25) is 0 Å². The van der Waals surface area contributed by atoms with E-state index in [0.29, 0.717) is 0 Å². The quantitative estimate of drug-likeness (QED) is 0.163. The number of rotatable bonds is 3. The molecule has 1 aromatic heterocycles. The smallest absolute Gasteiger partial charge is 0.264 e. The van der Waals surface area contributed by atoms with Crippen molar-refractivity contribution in [1.29, 1.82) is 0 Å². The summed E-state index contributed by atoms with van der Waals surface area (Å²) in [5.74, 6) is 0. The molecule has 2 aliphatic heterocycles. The van der Waals surface area contributed by atoms with Gasteiger partial charge in [-0.15, -0.1) is 11.3 Å². The highest BCUT2D eigenvalue weighted by molar-refractivity contribution is 7.33. The third-order valence-corrected chi connectivity index (χ3v) is 16.2. The Bertz CT molecular complexity index is 3610. The van der Waals surface area contributed by atoms with Gasteiger partial charge in [-0.3, -0.25) is 0 Å². The van der Waals surface area contributed by atoms with Gasteiger partial charge in [-0.25, -0.2) is 0 Å². The Morgan fingerprint density at radius 1 is 0.446 bits per heavy atom. The van der Waals surface area contributed by atoms with E-state index in [2.05, 4.69) is 226 Å². The van der Waals surface area contributed by atoms with E-state index in [1.54, 1.807) is 0 Å². The number of hydrogen-bond donors (Lipinski definition) is 0. The number of thiophene rings is 1. The molecule has 0 saturated carbocycles. The molecular weight excluding hydrogens is 804 g/mol. The fourth-order valence-electron chi connectivity index (χ4n) is 12.5. The van der Waals surface area contributed by atoms with Crippen LogP contribution in [0.15, 0.2) is 188 Å². The summed E-state index contributed by atoms with van der Waals surface area (Å²) in [6.45, 7) is 9.03. The van der Waals surface area contributed by atoms with Gasteiger partial charge >= 0.3 is 0 Å². The molecule has 9 aromatic carbocycles. The average molecular weight is 847 g/mol. The van der Waals surface area contributed by atoms with E-state index in [9.17, 15) is 0 Å². The maximum absolute atomic E-state index is 2.60. The monoisotopic (exact) mass is 846 g/mol. The van der Waals surface area contributed by atoms with Crippen LogP contribution in [0.25, 0.3) is 43.5 Å². The second kappa shape index (κ2) is 13.3. The van der Waals surface area contributed by atoms with Crippen LogP contribution in [0.5, 0.6) is 0 Å². The number of anilines is 6. The summed E-state index contributed by atoms with van der Waals surface area (Å²) in [5, 5.41) is 1.31. The van der Waals surface area contributed by atoms with Crippen molar-refractivity contribution in [1.82, 2.24) is 0 Å². The van der Waals surface area contributed by atoms with E-state index in [-0.39, 0.29) is 6.71 Å². The predicted molar refractivity (Wildman–Crippen MR) is 277 cm³/mol. The summed E-state index contributed by atoms with van der Waals surface area (Å²) in [6.07, 6.45) is 0. The van der Waals surface area contributed by atoms with E-state index in [0.717, 1.165) is 0 Å². The van der Waals surface area contributed by atoms with Crippen LogP contribution in [0.4, 0.5) is 34.1 Å². The molecule has 65 heavy (non-hydrogen) atoms. The molecule has 0 bridgehead atoms. The van der Waals surface area contributed by atoms with Gasteiger partial charge in [0.2, 0.25) is 0 Å². The Morgan fingerprint density at radius 2 is 1.05 bits per heavy atom. The zero-order valence-corrected chi connectivity index (χ0v) is 37.6. The van der Waals surface area contributed by atoms with Crippen molar-refractivity contribution >= 4 is 78.0 Å². The van der Waals surface area contributed by atoms with Crippen molar-refractivity contribution in [3.8, 4) is 33.4 Å². The van der Waals surface area contributed by atoms with Gasteiger partial charge in [0, 0.05) is 43.3 Å². The number of hydrogen-bond acceptors (Lipinski definition) is 3. The molecule has 306 valence electrons. The molecule has 2 nitrogen and oxygen atoms in total. The zero-order valence-electron chi connectivity index (χ0n) is 36.8. The Kier molecular flexibility index (Phi) is 7.59. The molecule has 2 aliphatic carbocycles. The lowest BCUT2D eigenvalue weighted by Gasteiger charge is -2.43. The van der Waals surface area contributed by atoms with Crippen molar-refractivity contribution in [3.63, 3.8) is 0 Å². The van der Waals surface area contributed by atoms with Crippen molar-refractivity contribution in [2.24, 2.45) is 0 Å². The first-order valence-corrected chi connectivity index (χ1v) is 23.7. The van der Waals surface area contributed by atoms with E-state index >= 15 is 0 Å². The van der Waals surface area contributed by atoms with Crippen LogP contribution in [0.3, 0.4) is 0 Å². The van der Waals surface area contributed by atoms with Crippen molar-refractivity contribution in [3.05, 3.63) is 233 Å². The predicted octanol–water partition coefficient (Wildman–Crippen LogP) is 14.2. The molecule has 4 heteroatoms. The Morgan fingerprint density at radius 3 is 1.74 bits per heavy atom. The van der Waals surface area contributed by atoms with Crippen molar-refractivity contribution < 1.29 is 0 Å². The lowest BCUT2D eigenvalue weighted by Crippen LogP contribution is -2.60. The first-order chi connectivity index (χ1) is 31.9. The van der Waals surface area contributed by atoms with Crippen LogP contribution in [0.1, 0.15) is 44.5 Å². The lowest BCUT2D eigenvalue weighted by molar-refractivity contribution is 0.794.